The maximum absolute atomic E-state index is 5.56. The van der Waals surface area contributed by atoms with Gasteiger partial charge in [0.1, 0.15) is 12.0 Å². The first-order valence-electron chi connectivity index (χ1n) is 2.26. The highest BCUT2D eigenvalue weighted by Gasteiger charge is 1.93. The summed E-state index contributed by atoms with van der Waals surface area (Å²) in [6, 6.07) is 0. The number of hydrogen-bond acceptors (Lipinski definition) is 2. The Balaban J connectivity index is 3.20. The summed E-state index contributed by atoms with van der Waals surface area (Å²) in [6.07, 6.45) is 7.85. The lowest BCUT2D eigenvalue weighted by molar-refractivity contribution is 1.15. The van der Waals surface area contributed by atoms with Crippen LogP contribution in [-0.4, -0.2) is 9.97 Å². The van der Waals surface area contributed by atoms with Crippen molar-refractivity contribution in [2.45, 2.75) is 0 Å². The van der Waals surface area contributed by atoms with Gasteiger partial charge in [-0.3, -0.25) is 0 Å². The Morgan fingerprint density at radius 2 is 2.44 bits per heavy atom. The molecule has 0 spiro atoms. The summed E-state index contributed by atoms with van der Waals surface area (Å²) in [5.74, 6) is 2.31. The van der Waals surface area contributed by atoms with E-state index in [1.807, 2.05) is 0 Å². The molecule has 0 aliphatic carbocycles. The first-order chi connectivity index (χ1) is 4.34. The van der Waals surface area contributed by atoms with Gasteiger partial charge in [-0.1, -0.05) is 11.6 Å². The average molecular weight is 139 g/mol. The average Bonchev–Trinajstić information content (AvgIpc) is 1.89. The molecule has 0 bridgehead atoms. The van der Waals surface area contributed by atoms with Gasteiger partial charge in [0.15, 0.2) is 0 Å². The SMILES string of the molecule is C#Cc1ncncc1Cl. The molecule has 0 aromatic carbocycles. The summed E-state index contributed by atoms with van der Waals surface area (Å²) < 4.78 is 0. The first-order valence-corrected chi connectivity index (χ1v) is 2.64. The van der Waals surface area contributed by atoms with Crippen LogP contribution in [0.4, 0.5) is 0 Å². The summed E-state index contributed by atoms with van der Waals surface area (Å²) in [5.41, 5.74) is 0.437. The lowest BCUT2D eigenvalue weighted by Crippen LogP contribution is -1.83. The van der Waals surface area contributed by atoms with E-state index in [1.54, 1.807) is 0 Å². The molecule has 1 aromatic rings. The van der Waals surface area contributed by atoms with Crippen LogP contribution in [0.1, 0.15) is 5.69 Å². The van der Waals surface area contributed by atoms with Gasteiger partial charge in [0.2, 0.25) is 0 Å². The van der Waals surface area contributed by atoms with Crippen molar-refractivity contribution in [3.63, 3.8) is 0 Å². The second-order valence-corrected chi connectivity index (χ2v) is 1.77. The van der Waals surface area contributed by atoms with Gasteiger partial charge in [-0.2, -0.15) is 0 Å². The molecule has 0 aliphatic heterocycles. The minimum absolute atomic E-state index is 0.417. The summed E-state index contributed by atoms with van der Waals surface area (Å²) in [4.78, 5) is 7.37. The van der Waals surface area contributed by atoms with Crippen molar-refractivity contribution in [1.29, 1.82) is 0 Å². The molecule has 9 heavy (non-hydrogen) atoms. The van der Waals surface area contributed by atoms with Gasteiger partial charge in [0.25, 0.3) is 0 Å². The van der Waals surface area contributed by atoms with Crippen LogP contribution in [0.25, 0.3) is 0 Å². The fourth-order valence-electron chi connectivity index (χ4n) is 0.419. The Hall–Kier alpha value is -1.07. The zero-order chi connectivity index (χ0) is 6.69. The maximum Gasteiger partial charge on any atom is 0.134 e. The topological polar surface area (TPSA) is 25.8 Å². The molecule has 3 heteroatoms. The fourth-order valence-corrected chi connectivity index (χ4v) is 0.579. The molecule has 0 radical (unpaired) electrons. The molecule has 1 rings (SSSR count). The van der Waals surface area contributed by atoms with Crippen LogP contribution in [-0.2, 0) is 0 Å². The lowest BCUT2D eigenvalue weighted by atomic mass is 10.4. The van der Waals surface area contributed by atoms with E-state index < -0.39 is 0 Å². The zero-order valence-corrected chi connectivity index (χ0v) is 5.26. The quantitative estimate of drug-likeness (QED) is 0.502. The van der Waals surface area contributed by atoms with Crippen molar-refractivity contribution in [2.75, 3.05) is 0 Å². The van der Waals surface area contributed by atoms with Crippen molar-refractivity contribution in [1.82, 2.24) is 9.97 Å². The van der Waals surface area contributed by atoms with Crippen LogP contribution >= 0.6 is 11.6 Å². The normalized spacial score (nSPS) is 8.44. The molecule has 44 valence electrons. The smallest absolute Gasteiger partial charge is 0.134 e. The molecule has 0 aliphatic rings. The van der Waals surface area contributed by atoms with Crippen molar-refractivity contribution in [3.8, 4) is 12.3 Å². The molecule has 0 atom stereocenters. The number of halogens is 1. The summed E-state index contributed by atoms with van der Waals surface area (Å²) >= 11 is 5.56. The largest absolute Gasteiger partial charge is 0.243 e. The van der Waals surface area contributed by atoms with E-state index in [9.17, 15) is 0 Å². The van der Waals surface area contributed by atoms with E-state index in [0.717, 1.165) is 0 Å². The Bertz CT molecular complexity index is 251. The fraction of sp³-hybridized carbons (Fsp3) is 0. The second kappa shape index (κ2) is 2.47. The Labute approximate surface area is 57.9 Å². The van der Waals surface area contributed by atoms with E-state index in [4.69, 9.17) is 18.0 Å². The molecule has 2 nitrogen and oxygen atoms in total. The molecular formula is C6H3ClN2. The van der Waals surface area contributed by atoms with Crippen LogP contribution in [0.2, 0.25) is 5.02 Å². The van der Waals surface area contributed by atoms with Gasteiger partial charge in [-0.25, -0.2) is 9.97 Å². The Morgan fingerprint density at radius 3 is 2.89 bits per heavy atom. The minimum Gasteiger partial charge on any atom is -0.243 e. The number of aromatic nitrogens is 2. The van der Waals surface area contributed by atoms with E-state index in [-0.39, 0.29) is 0 Å². The molecule has 0 N–H and O–H groups in total. The monoisotopic (exact) mass is 138 g/mol. The highest BCUT2D eigenvalue weighted by atomic mass is 35.5. The van der Waals surface area contributed by atoms with Crippen molar-refractivity contribution >= 4 is 11.6 Å². The molecule has 1 heterocycles. The number of hydrogen-bond donors (Lipinski definition) is 0. The standard InChI is InChI=1S/C6H3ClN2/c1-2-6-5(7)3-8-4-9-6/h1,3-4H. The van der Waals surface area contributed by atoms with Gasteiger partial charge in [0, 0.05) is 0 Å². The molecule has 0 saturated heterocycles. The van der Waals surface area contributed by atoms with Gasteiger partial charge in [0.05, 0.1) is 11.2 Å². The predicted octanol–water partition coefficient (Wildman–Crippen LogP) is 1.11. The van der Waals surface area contributed by atoms with Crippen LogP contribution in [0.15, 0.2) is 12.5 Å². The van der Waals surface area contributed by atoms with Gasteiger partial charge >= 0.3 is 0 Å². The summed E-state index contributed by atoms with van der Waals surface area (Å²) in [5, 5.41) is 0.417. The van der Waals surface area contributed by atoms with Crippen molar-refractivity contribution < 1.29 is 0 Å². The maximum atomic E-state index is 5.56. The van der Waals surface area contributed by atoms with Gasteiger partial charge < -0.3 is 0 Å². The third kappa shape index (κ3) is 1.18. The van der Waals surface area contributed by atoms with E-state index in [2.05, 4.69) is 15.9 Å². The van der Waals surface area contributed by atoms with Crippen molar-refractivity contribution in [2.24, 2.45) is 0 Å². The number of nitrogens with zero attached hydrogens (tertiary/aromatic N) is 2. The first kappa shape index (κ1) is 6.06. The zero-order valence-electron chi connectivity index (χ0n) is 4.50. The van der Waals surface area contributed by atoms with Crippen LogP contribution < -0.4 is 0 Å². The summed E-state index contributed by atoms with van der Waals surface area (Å²) in [6.45, 7) is 0. The summed E-state index contributed by atoms with van der Waals surface area (Å²) in [7, 11) is 0. The molecule has 0 unspecified atom stereocenters. The number of rotatable bonds is 0. The molecule has 0 amide bonds. The van der Waals surface area contributed by atoms with E-state index in [0.29, 0.717) is 10.7 Å². The molecule has 1 aromatic heterocycles. The Kier molecular flexibility index (Phi) is 1.66. The number of terminal acetylenes is 1. The molecule has 0 saturated carbocycles. The third-order valence-corrected chi connectivity index (χ3v) is 1.08. The molecular weight excluding hydrogens is 136 g/mol. The van der Waals surface area contributed by atoms with Gasteiger partial charge in [-0.05, 0) is 5.92 Å². The van der Waals surface area contributed by atoms with Crippen LogP contribution in [0.3, 0.4) is 0 Å². The van der Waals surface area contributed by atoms with Crippen LogP contribution in [0.5, 0.6) is 0 Å². The van der Waals surface area contributed by atoms with Crippen molar-refractivity contribution in [3.05, 3.63) is 23.2 Å². The highest BCUT2D eigenvalue weighted by molar-refractivity contribution is 6.31. The molecule has 0 fully saturated rings. The minimum atomic E-state index is 0.417. The van der Waals surface area contributed by atoms with Gasteiger partial charge in [-0.15, -0.1) is 6.42 Å². The predicted molar refractivity (Wildman–Crippen MR) is 35.0 cm³/mol. The third-order valence-electron chi connectivity index (χ3n) is 0.804. The van der Waals surface area contributed by atoms with E-state index >= 15 is 0 Å². The highest BCUT2D eigenvalue weighted by Crippen LogP contribution is 2.07. The van der Waals surface area contributed by atoms with E-state index in [1.165, 1.54) is 12.5 Å². The van der Waals surface area contributed by atoms with Crippen LogP contribution in [0, 0.1) is 12.3 Å². The second-order valence-electron chi connectivity index (χ2n) is 1.36. The lowest BCUT2D eigenvalue weighted by Gasteiger charge is -1.88. The Morgan fingerprint density at radius 1 is 1.67 bits per heavy atom.